The molecule has 0 aliphatic heterocycles. The first kappa shape index (κ1) is 23.5. The summed E-state index contributed by atoms with van der Waals surface area (Å²) in [4.78, 5) is 13.4. The van der Waals surface area contributed by atoms with Crippen LogP contribution in [0.25, 0.3) is 10.9 Å². The van der Waals surface area contributed by atoms with Crippen molar-refractivity contribution in [1.29, 1.82) is 0 Å². The Hall–Kier alpha value is -3.62. The van der Waals surface area contributed by atoms with Crippen LogP contribution in [-0.4, -0.2) is 44.4 Å². The molecule has 4 rings (SSSR count). The Morgan fingerprint density at radius 1 is 0.941 bits per heavy atom. The fourth-order valence-electron chi connectivity index (χ4n) is 3.80. The summed E-state index contributed by atoms with van der Waals surface area (Å²) in [5.74, 6) is 0.478. The molecule has 0 atom stereocenters. The quantitative estimate of drug-likeness (QED) is 0.418. The van der Waals surface area contributed by atoms with E-state index < -0.39 is 10.0 Å². The van der Waals surface area contributed by atoms with Crippen LogP contribution < -0.4 is 10.1 Å². The first-order valence-electron chi connectivity index (χ1n) is 10.8. The first-order chi connectivity index (χ1) is 16.3. The van der Waals surface area contributed by atoms with Gasteiger partial charge in [0.2, 0.25) is 10.0 Å². The number of nitrogens with one attached hydrogen (secondary N) is 1. The van der Waals surface area contributed by atoms with E-state index in [1.54, 1.807) is 31.4 Å². The van der Waals surface area contributed by atoms with Crippen molar-refractivity contribution in [3.05, 3.63) is 95.7 Å². The predicted molar refractivity (Wildman–Crippen MR) is 133 cm³/mol. The number of amides is 1. The van der Waals surface area contributed by atoms with Gasteiger partial charge in [-0.05, 0) is 47.5 Å². The number of methoxy groups -OCH3 is 1. The van der Waals surface area contributed by atoms with Crippen molar-refractivity contribution in [2.45, 2.75) is 18.0 Å². The van der Waals surface area contributed by atoms with Crippen molar-refractivity contribution >= 4 is 26.8 Å². The van der Waals surface area contributed by atoms with E-state index in [-0.39, 0.29) is 10.8 Å². The molecule has 1 N–H and O–H groups in total. The highest BCUT2D eigenvalue weighted by molar-refractivity contribution is 7.89. The predicted octanol–water partition coefficient (Wildman–Crippen LogP) is 3.88. The van der Waals surface area contributed by atoms with E-state index in [0.717, 1.165) is 22.4 Å². The van der Waals surface area contributed by atoms with Crippen molar-refractivity contribution in [3.8, 4) is 5.75 Å². The van der Waals surface area contributed by atoms with Gasteiger partial charge < -0.3 is 14.6 Å². The summed E-state index contributed by atoms with van der Waals surface area (Å²) >= 11 is 0. The lowest BCUT2D eigenvalue weighted by atomic mass is 10.2. The molecule has 0 unspecified atom stereocenters. The number of carbonyl (C=O) groups is 1. The highest BCUT2D eigenvalue weighted by atomic mass is 32.2. The number of hydrogen-bond acceptors (Lipinski definition) is 4. The molecule has 1 aromatic heterocycles. The maximum Gasteiger partial charge on any atom is 0.268 e. The van der Waals surface area contributed by atoms with Crippen molar-refractivity contribution in [2.24, 2.45) is 0 Å². The Kier molecular flexibility index (Phi) is 6.72. The molecule has 0 bridgehead atoms. The lowest BCUT2D eigenvalue weighted by Gasteiger charge is -2.13. The third-order valence-electron chi connectivity index (χ3n) is 5.65. The number of carbonyl (C=O) groups excluding carboxylic acids is 1. The number of nitrogens with zero attached hydrogens (tertiary/aromatic N) is 2. The molecule has 4 aromatic rings. The molecule has 1 amide bonds. The van der Waals surface area contributed by atoms with Crippen molar-refractivity contribution in [2.75, 3.05) is 21.2 Å². The molecule has 1 heterocycles. The van der Waals surface area contributed by atoms with E-state index in [9.17, 15) is 13.2 Å². The number of aromatic nitrogens is 1. The van der Waals surface area contributed by atoms with E-state index in [4.69, 9.17) is 4.74 Å². The molecule has 0 radical (unpaired) electrons. The maximum atomic E-state index is 13.3. The van der Waals surface area contributed by atoms with Gasteiger partial charge in [0.1, 0.15) is 11.4 Å². The van der Waals surface area contributed by atoms with Crippen LogP contribution in [0.5, 0.6) is 5.75 Å². The van der Waals surface area contributed by atoms with Crippen LogP contribution in [0.1, 0.15) is 21.6 Å². The van der Waals surface area contributed by atoms with Crippen LogP contribution >= 0.6 is 0 Å². The van der Waals surface area contributed by atoms with Crippen LogP contribution in [0, 0.1) is 0 Å². The molecule has 0 aliphatic carbocycles. The minimum absolute atomic E-state index is 0.185. The number of hydrogen-bond donors (Lipinski definition) is 1. The second-order valence-electron chi connectivity index (χ2n) is 8.14. The molecule has 0 saturated carbocycles. The Labute approximate surface area is 199 Å². The zero-order valence-electron chi connectivity index (χ0n) is 19.4. The van der Waals surface area contributed by atoms with E-state index >= 15 is 0 Å². The number of benzene rings is 3. The van der Waals surface area contributed by atoms with Gasteiger partial charge in [-0.25, -0.2) is 12.7 Å². The Morgan fingerprint density at radius 2 is 1.68 bits per heavy atom. The van der Waals surface area contributed by atoms with Crippen LogP contribution in [0.4, 0.5) is 0 Å². The minimum atomic E-state index is -3.59. The molecule has 0 spiro atoms. The number of fused-ring (bicyclic) bond motifs is 1. The number of rotatable bonds is 8. The molecule has 34 heavy (non-hydrogen) atoms. The van der Waals surface area contributed by atoms with Gasteiger partial charge in [-0.3, -0.25) is 4.79 Å². The fraction of sp³-hybridized carbons (Fsp3) is 0.192. The van der Waals surface area contributed by atoms with Crippen LogP contribution in [0.3, 0.4) is 0 Å². The van der Waals surface area contributed by atoms with Gasteiger partial charge in [-0.15, -0.1) is 0 Å². The fourth-order valence-corrected chi connectivity index (χ4v) is 4.74. The standard InChI is InChI=1S/C26H27N3O4S/c1-28(2)34(31,32)23-12-13-24-21(15-23)16-25(29(24)18-19-8-5-4-6-9-19)26(30)27-17-20-10-7-11-22(14-20)33-3/h4-16H,17-18H2,1-3H3,(H,27,30). The van der Waals surface area contributed by atoms with Gasteiger partial charge in [0.05, 0.1) is 12.0 Å². The van der Waals surface area contributed by atoms with Gasteiger partial charge in [-0.1, -0.05) is 42.5 Å². The summed E-state index contributed by atoms with van der Waals surface area (Å²) in [6.45, 7) is 0.815. The van der Waals surface area contributed by atoms with Gasteiger partial charge in [0, 0.05) is 38.1 Å². The second kappa shape index (κ2) is 9.70. The highest BCUT2D eigenvalue weighted by Gasteiger charge is 2.21. The molecule has 0 fully saturated rings. The van der Waals surface area contributed by atoms with Gasteiger partial charge in [-0.2, -0.15) is 0 Å². The molecule has 176 valence electrons. The zero-order valence-corrected chi connectivity index (χ0v) is 20.2. The van der Waals surface area contributed by atoms with E-state index in [0.29, 0.717) is 24.2 Å². The minimum Gasteiger partial charge on any atom is -0.497 e. The Balaban J connectivity index is 1.72. The number of sulfonamides is 1. The van der Waals surface area contributed by atoms with E-state index in [1.165, 1.54) is 18.4 Å². The van der Waals surface area contributed by atoms with Crippen molar-refractivity contribution < 1.29 is 17.9 Å². The van der Waals surface area contributed by atoms with Gasteiger partial charge in [0.25, 0.3) is 5.91 Å². The summed E-state index contributed by atoms with van der Waals surface area (Å²) in [6.07, 6.45) is 0. The summed E-state index contributed by atoms with van der Waals surface area (Å²) < 4.78 is 33.6. The lowest BCUT2D eigenvalue weighted by Crippen LogP contribution is -2.25. The average molecular weight is 478 g/mol. The van der Waals surface area contributed by atoms with Gasteiger partial charge in [0.15, 0.2) is 0 Å². The van der Waals surface area contributed by atoms with Gasteiger partial charge >= 0.3 is 0 Å². The zero-order chi connectivity index (χ0) is 24.3. The first-order valence-corrected chi connectivity index (χ1v) is 12.2. The second-order valence-corrected chi connectivity index (χ2v) is 10.3. The molecule has 0 saturated heterocycles. The maximum absolute atomic E-state index is 13.3. The summed E-state index contributed by atoms with van der Waals surface area (Å²) in [5.41, 5.74) is 3.19. The van der Waals surface area contributed by atoms with E-state index in [1.807, 2.05) is 59.2 Å². The number of ether oxygens (including phenoxy) is 1. The monoisotopic (exact) mass is 477 g/mol. The molecule has 3 aromatic carbocycles. The Bertz CT molecular complexity index is 1430. The summed E-state index contributed by atoms with van der Waals surface area (Å²) in [7, 11) is 1.00. The van der Waals surface area contributed by atoms with Crippen LogP contribution in [0.2, 0.25) is 0 Å². The molecular formula is C26H27N3O4S. The highest BCUT2D eigenvalue weighted by Crippen LogP contribution is 2.26. The molecular weight excluding hydrogens is 450 g/mol. The van der Waals surface area contributed by atoms with Crippen LogP contribution in [0.15, 0.2) is 83.8 Å². The normalized spacial score (nSPS) is 11.6. The van der Waals surface area contributed by atoms with Crippen LogP contribution in [-0.2, 0) is 23.1 Å². The molecule has 8 heteroatoms. The van der Waals surface area contributed by atoms with Crippen molar-refractivity contribution in [1.82, 2.24) is 14.2 Å². The average Bonchev–Trinajstić information content (AvgIpc) is 3.20. The SMILES string of the molecule is COc1cccc(CNC(=O)c2cc3cc(S(=O)(=O)N(C)C)ccc3n2Cc2ccccc2)c1. The molecule has 7 nitrogen and oxygen atoms in total. The van der Waals surface area contributed by atoms with E-state index in [2.05, 4.69) is 5.32 Å². The largest absolute Gasteiger partial charge is 0.497 e. The lowest BCUT2D eigenvalue weighted by molar-refractivity contribution is 0.0942. The summed E-state index contributed by atoms with van der Waals surface area (Å²) in [6, 6.07) is 24.0. The summed E-state index contributed by atoms with van der Waals surface area (Å²) in [5, 5.41) is 3.66. The molecule has 0 aliphatic rings. The third-order valence-corrected chi connectivity index (χ3v) is 7.47. The third kappa shape index (κ3) is 4.83. The Morgan fingerprint density at radius 3 is 2.38 bits per heavy atom. The van der Waals surface area contributed by atoms with Crippen molar-refractivity contribution in [3.63, 3.8) is 0 Å². The topological polar surface area (TPSA) is 80.6 Å². The smallest absolute Gasteiger partial charge is 0.268 e.